The van der Waals surface area contributed by atoms with Crippen LogP contribution < -0.4 is 10.5 Å². The second-order valence-electron chi connectivity index (χ2n) is 4.65. The summed E-state index contributed by atoms with van der Waals surface area (Å²) in [6.07, 6.45) is 0.542. The summed E-state index contributed by atoms with van der Waals surface area (Å²) in [5.41, 5.74) is 5.72. The summed E-state index contributed by atoms with van der Waals surface area (Å²) < 4.78 is 5.43. The van der Waals surface area contributed by atoms with Crippen molar-refractivity contribution in [3.63, 3.8) is 0 Å². The molecule has 0 aliphatic rings. The fraction of sp³-hybridized carbons (Fsp3) is 0.385. The Labute approximate surface area is 106 Å². The summed E-state index contributed by atoms with van der Waals surface area (Å²) in [4.78, 5) is 10.8. The van der Waals surface area contributed by atoms with E-state index in [2.05, 4.69) is 6.07 Å². The van der Waals surface area contributed by atoms with Gasteiger partial charge in [-0.1, -0.05) is 0 Å². The molecule has 0 saturated heterocycles. The molecule has 5 nitrogen and oxygen atoms in total. The minimum atomic E-state index is -1.03. The quantitative estimate of drug-likeness (QED) is 0.779. The second-order valence-corrected chi connectivity index (χ2v) is 4.65. The van der Waals surface area contributed by atoms with E-state index in [1.54, 1.807) is 0 Å². The molecule has 0 radical (unpaired) electrons. The molecule has 1 aromatic rings. The molecule has 0 bridgehead atoms. The number of ether oxygens (including phenoxy) is 1. The maximum absolute atomic E-state index is 10.8. The van der Waals surface area contributed by atoms with Crippen LogP contribution in [-0.4, -0.2) is 17.7 Å². The van der Waals surface area contributed by atoms with E-state index in [9.17, 15) is 4.79 Å². The van der Waals surface area contributed by atoms with E-state index < -0.39 is 11.4 Å². The first-order chi connectivity index (χ1) is 8.35. The van der Waals surface area contributed by atoms with Crippen molar-refractivity contribution in [2.24, 2.45) is 5.41 Å². The monoisotopic (exact) mass is 248 g/mol. The lowest BCUT2D eigenvalue weighted by Gasteiger charge is -2.16. The molecule has 3 N–H and O–H groups in total. The number of carboxylic acids is 1. The summed E-state index contributed by atoms with van der Waals surface area (Å²) in [5, 5.41) is 17.7. The van der Waals surface area contributed by atoms with Crippen molar-refractivity contribution in [1.82, 2.24) is 0 Å². The number of nitriles is 1. The highest BCUT2D eigenvalue weighted by atomic mass is 16.5. The average Bonchev–Trinajstić information content (AvgIpc) is 2.31. The van der Waals surface area contributed by atoms with Crippen molar-refractivity contribution in [3.8, 4) is 11.8 Å². The van der Waals surface area contributed by atoms with Crippen LogP contribution in [0, 0.1) is 16.7 Å². The molecule has 0 heterocycles. The van der Waals surface area contributed by atoms with Gasteiger partial charge in [0, 0.05) is 0 Å². The number of carbonyl (C=O) groups is 1. The number of hydrogen-bond acceptors (Lipinski definition) is 4. The van der Waals surface area contributed by atoms with E-state index in [4.69, 9.17) is 20.8 Å². The SMILES string of the molecule is CC(C)(C#N)CCOc1cc(C(=O)O)ccc1N. The normalized spacial score (nSPS) is 10.7. The lowest BCUT2D eigenvalue weighted by molar-refractivity contribution is 0.0696. The van der Waals surface area contributed by atoms with Crippen LogP contribution in [0.4, 0.5) is 5.69 Å². The molecule has 1 rings (SSSR count). The van der Waals surface area contributed by atoms with Crippen LogP contribution in [0.5, 0.6) is 5.75 Å². The average molecular weight is 248 g/mol. The van der Waals surface area contributed by atoms with Crippen LogP contribution in [0.15, 0.2) is 18.2 Å². The zero-order chi connectivity index (χ0) is 13.8. The van der Waals surface area contributed by atoms with Gasteiger partial charge in [-0.05, 0) is 38.5 Å². The zero-order valence-electron chi connectivity index (χ0n) is 10.4. The molecule has 0 aromatic heterocycles. The highest BCUT2D eigenvalue weighted by molar-refractivity contribution is 5.89. The number of carboxylic acid groups (broad SMARTS) is 1. The Hall–Kier alpha value is -2.22. The van der Waals surface area contributed by atoms with Gasteiger partial charge in [-0.25, -0.2) is 4.79 Å². The number of benzene rings is 1. The standard InChI is InChI=1S/C13H16N2O3/c1-13(2,8-14)5-6-18-11-7-9(12(16)17)3-4-10(11)15/h3-4,7H,5-6,15H2,1-2H3,(H,16,17). The highest BCUT2D eigenvalue weighted by Crippen LogP contribution is 2.25. The summed E-state index contributed by atoms with van der Waals surface area (Å²) in [6, 6.07) is 6.47. The minimum Gasteiger partial charge on any atom is -0.491 e. The molecule has 0 spiro atoms. The van der Waals surface area contributed by atoms with Gasteiger partial charge in [0.05, 0.1) is 29.3 Å². The number of nitrogens with two attached hydrogens (primary N) is 1. The molecular weight excluding hydrogens is 232 g/mol. The van der Waals surface area contributed by atoms with Crippen molar-refractivity contribution >= 4 is 11.7 Å². The zero-order valence-corrected chi connectivity index (χ0v) is 10.4. The number of nitrogens with zero attached hydrogens (tertiary/aromatic N) is 1. The van der Waals surface area contributed by atoms with Crippen LogP contribution in [0.1, 0.15) is 30.6 Å². The number of anilines is 1. The summed E-state index contributed by atoms with van der Waals surface area (Å²) in [7, 11) is 0. The topological polar surface area (TPSA) is 96.3 Å². The van der Waals surface area contributed by atoms with Gasteiger partial charge >= 0.3 is 5.97 Å². The first kappa shape index (κ1) is 13.8. The third-order valence-corrected chi connectivity index (χ3v) is 2.55. The summed E-state index contributed by atoms with van der Waals surface area (Å²) in [6.45, 7) is 3.94. The first-order valence-corrected chi connectivity index (χ1v) is 5.52. The van der Waals surface area contributed by atoms with Crippen LogP contribution in [0.2, 0.25) is 0 Å². The lowest BCUT2D eigenvalue weighted by atomic mass is 9.92. The van der Waals surface area contributed by atoms with Crippen LogP contribution in [-0.2, 0) is 0 Å². The third kappa shape index (κ3) is 3.67. The van der Waals surface area contributed by atoms with Crippen LogP contribution >= 0.6 is 0 Å². The van der Waals surface area contributed by atoms with E-state index in [1.165, 1.54) is 18.2 Å². The van der Waals surface area contributed by atoms with E-state index in [1.807, 2.05) is 13.8 Å². The third-order valence-electron chi connectivity index (χ3n) is 2.55. The molecule has 0 aliphatic carbocycles. The molecule has 0 unspecified atom stereocenters. The molecule has 5 heteroatoms. The van der Waals surface area contributed by atoms with Gasteiger partial charge < -0.3 is 15.6 Å². The molecule has 0 aliphatic heterocycles. The lowest BCUT2D eigenvalue weighted by Crippen LogP contribution is -2.13. The van der Waals surface area contributed by atoms with E-state index in [0.717, 1.165) is 0 Å². The first-order valence-electron chi connectivity index (χ1n) is 5.52. The molecule has 0 amide bonds. The van der Waals surface area contributed by atoms with E-state index in [-0.39, 0.29) is 5.56 Å². The smallest absolute Gasteiger partial charge is 0.335 e. The maximum Gasteiger partial charge on any atom is 0.335 e. The van der Waals surface area contributed by atoms with Gasteiger partial charge in [0.15, 0.2) is 0 Å². The predicted octanol–water partition coefficient (Wildman–Crippen LogP) is 2.29. The van der Waals surface area contributed by atoms with Crippen molar-refractivity contribution in [2.75, 3.05) is 12.3 Å². The number of aromatic carboxylic acids is 1. The fourth-order valence-corrected chi connectivity index (χ4v) is 1.26. The minimum absolute atomic E-state index is 0.124. The number of rotatable bonds is 5. The van der Waals surface area contributed by atoms with Gasteiger partial charge in [0.2, 0.25) is 0 Å². The Morgan fingerprint density at radius 2 is 2.22 bits per heavy atom. The molecular formula is C13H16N2O3. The van der Waals surface area contributed by atoms with Gasteiger partial charge in [-0.15, -0.1) is 0 Å². The van der Waals surface area contributed by atoms with Gasteiger partial charge in [0.1, 0.15) is 5.75 Å². The van der Waals surface area contributed by atoms with E-state index >= 15 is 0 Å². The van der Waals surface area contributed by atoms with Crippen LogP contribution in [0.3, 0.4) is 0 Å². The van der Waals surface area contributed by atoms with Crippen molar-refractivity contribution in [2.45, 2.75) is 20.3 Å². The van der Waals surface area contributed by atoms with Crippen molar-refractivity contribution in [3.05, 3.63) is 23.8 Å². The predicted molar refractivity (Wildman–Crippen MR) is 67.3 cm³/mol. The van der Waals surface area contributed by atoms with E-state index in [0.29, 0.717) is 24.5 Å². The number of nitrogen functional groups attached to an aromatic ring is 1. The molecule has 96 valence electrons. The molecule has 0 atom stereocenters. The summed E-state index contributed by atoms with van der Waals surface area (Å²) in [5.74, 6) is -0.694. The Balaban J connectivity index is 2.71. The van der Waals surface area contributed by atoms with Gasteiger partial charge in [0.25, 0.3) is 0 Å². The molecule has 1 aromatic carbocycles. The molecule has 0 saturated carbocycles. The maximum atomic E-state index is 10.8. The highest BCUT2D eigenvalue weighted by Gasteiger charge is 2.17. The Kier molecular flexibility index (Phi) is 4.16. The Bertz CT molecular complexity index is 489. The van der Waals surface area contributed by atoms with Crippen molar-refractivity contribution in [1.29, 1.82) is 5.26 Å². The van der Waals surface area contributed by atoms with Crippen LogP contribution in [0.25, 0.3) is 0 Å². The molecule has 0 fully saturated rings. The molecule has 18 heavy (non-hydrogen) atoms. The Morgan fingerprint density at radius 1 is 1.56 bits per heavy atom. The van der Waals surface area contributed by atoms with Crippen molar-refractivity contribution < 1.29 is 14.6 Å². The van der Waals surface area contributed by atoms with Gasteiger partial charge in [-0.3, -0.25) is 0 Å². The fourth-order valence-electron chi connectivity index (χ4n) is 1.26. The summed E-state index contributed by atoms with van der Waals surface area (Å²) >= 11 is 0. The number of hydrogen-bond donors (Lipinski definition) is 2. The largest absolute Gasteiger partial charge is 0.491 e. The second kappa shape index (κ2) is 5.41. The van der Waals surface area contributed by atoms with Gasteiger partial charge in [-0.2, -0.15) is 5.26 Å². The Morgan fingerprint density at radius 3 is 2.78 bits per heavy atom.